The molecule has 2 rings (SSSR count). The van der Waals surface area contributed by atoms with Crippen LogP contribution < -0.4 is 5.32 Å². The van der Waals surface area contributed by atoms with Crippen LogP contribution in [0.3, 0.4) is 0 Å². The highest BCUT2D eigenvalue weighted by Gasteiger charge is 2.37. The Morgan fingerprint density at radius 2 is 1.76 bits per heavy atom. The number of nitrogens with one attached hydrogen (secondary N) is 1. The van der Waals surface area contributed by atoms with Crippen molar-refractivity contribution in [3.8, 4) is 0 Å². The van der Waals surface area contributed by atoms with Crippen molar-refractivity contribution in [1.82, 2.24) is 13.9 Å². The number of nitrogens with zero attached hydrogens (tertiary/aromatic N) is 2. The number of hydrogen-bond donors (Lipinski definition) is 1. The van der Waals surface area contributed by atoms with Gasteiger partial charge in [0.2, 0.25) is 0 Å². The van der Waals surface area contributed by atoms with Crippen molar-refractivity contribution in [2.24, 2.45) is 0 Å². The van der Waals surface area contributed by atoms with Gasteiger partial charge in [0.05, 0.1) is 12.2 Å². The van der Waals surface area contributed by atoms with Crippen molar-refractivity contribution in [3.63, 3.8) is 0 Å². The van der Waals surface area contributed by atoms with Crippen molar-refractivity contribution < 1.29 is 13.2 Å². The molecule has 0 aromatic carbocycles. The molecule has 1 N–H and O–H groups in total. The van der Waals surface area contributed by atoms with E-state index in [1.54, 1.807) is 8.61 Å². The van der Waals surface area contributed by atoms with Crippen LogP contribution in [-0.2, 0) is 14.9 Å². The molecule has 2 heterocycles. The number of piperazine rings is 1. The summed E-state index contributed by atoms with van der Waals surface area (Å²) >= 11 is 0. The van der Waals surface area contributed by atoms with Gasteiger partial charge >= 0.3 is 0 Å². The van der Waals surface area contributed by atoms with E-state index in [0.29, 0.717) is 32.8 Å². The lowest BCUT2D eigenvalue weighted by molar-refractivity contribution is -0.0652. The van der Waals surface area contributed by atoms with Gasteiger partial charge in [0.25, 0.3) is 10.2 Å². The SMILES string of the molecule is CC1(C)CN(S(=O)(=O)N2CCNCC2)CCO1. The minimum Gasteiger partial charge on any atom is -0.373 e. The molecule has 0 amide bonds. The maximum atomic E-state index is 12.4. The van der Waals surface area contributed by atoms with Crippen LogP contribution in [0.15, 0.2) is 0 Å². The van der Waals surface area contributed by atoms with E-state index in [4.69, 9.17) is 4.74 Å². The lowest BCUT2D eigenvalue weighted by atomic mass is 10.1. The summed E-state index contributed by atoms with van der Waals surface area (Å²) in [6.07, 6.45) is 0. The van der Waals surface area contributed by atoms with Gasteiger partial charge in [-0.2, -0.15) is 17.0 Å². The summed E-state index contributed by atoms with van der Waals surface area (Å²) in [6, 6.07) is 0. The van der Waals surface area contributed by atoms with E-state index in [-0.39, 0.29) is 5.60 Å². The van der Waals surface area contributed by atoms with Crippen molar-refractivity contribution in [2.45, 2.75) is 19.4 Å². The van der Waals surface area contributed by atoms with Crippen LogP contribution in [0, 0.1) is 0 Å². The van der Waals surface area contributed by atoms with E-state index in [2.05, 4.69) is 5.32 Å². The second-order valence-electron chi connectivity index (χ2n) is 5.10. The Morgan fingerprint density at radius 1 is 1.12 bits per heavy atom. The smallest absolute Gasteiger partial charge is 0.282 e. The van der Waals surface area contributed by atoms with Gasteiger partial charge in [-0.3, -0.25) is 0 Å². The Labute approximate surface area is 103 Å². The molecule has 7 heteroatoms. The number of hydrogen-bond acceptors (Lipinski definition) is 4. The largest absolute Gasteiger partial charge is 0.373 e. The highest BCUT2D eigenvalue weighted by molar-refractivity contribution is 7.86. The molecule has 0 radical (unpaired) electrons. The van der Waals surface area contributed by atoms with Crippen LogP contribution >= 0.6 is 0 Å². The molecule has 0 aromatic heterocycles. The molecule has 17 heavy (non-hydrogen) atoms. The third-order valence-corrected chi connectivity index (χ3v) is 5.10. The summed E-state index contributed by atoms with van der Waals surface area (Å²) < 4.78 is 33.4. The van der Waals surface area contributed by atoms with E-state index >= 15 is 0 Å². The van der Waals surface area contributed by atoms with Crippen LogP contribution in [0.25, 0.3) is 0 Å². The molecule has 2 fully saturated rings. The summed E-state index contributed by atoms with van der Waals surface area (Å²) in [6.45, 7) is 7.77. The zero-order valence-electron chi connectivity index (χ0n) is 10.5. The van der Waals surface area contributed by atoms with E-state index < -0.39 is 10.2 Å². The molecule has 2 saturated heterocycles. The van der Waals surface area contributed by atoms with Gasteiger partial charge in [-0.05, 0) is 13.8 Å². The van der Waals surface area contributed by atoms with Crippen molar-refractivity contribution in [3.05, 3.63) is 0 Å². The maximum absolute atomic E-state index is 12.4. The first-order valence-electron chi connectivity index (χ1n) is 6.02. The fraction of sp³-hybridized carbons (Fsp3) is 1.00. The van der Waals surface area contributed by atoms with Gasteiger partial charge in [0.15, 0.2) is 0 Å². The van der Waals surface area contributed by atoms with Crippen LogP contribution in [0.2, 0.25) is 0 Å². The second-order valence-corrected chi connectivity index (χ2v) is 7.03. The second kappa shape index (κ2) is 4.81. The fourth-order valence-electron chi connectivity index (χ4n) is 2.21. The number of morpholine rings is 1. The molecule has 0 aliphatic carbocycles. The summed E-state index contributed by atoms with van der Waals surface area (Å²) in [5, 5.41) is 3.16. The molecular weight excluding hydrogens is 242 g/mol. The highest BCUT2D eigenvalue weighted by Crippen LogP contribution is 2.21. The zero-order chi connectivity index (χ0) is 12.5. The van der Waals surface area contributed by atoms with Gasteiger partial charge in [0.1, 0.15) is 0 Å². The number of ether oxygens (including phenoxy) is 1. The molecule has 2 aliphatic rings. The predicted molar refractivity (Wildman–Crippen MR) is 65.0 cm³/mol. The molecule has 100 valence electrons. The quantitative estimate of drug-likeness (QED) is 0.712. The van der Waals surface area contributed by atoms with Crippen molar-refractivity contribution in [1.29, 1.82) is 0 Å². The summed E-state index contributed by atoms with van der Waals surface area (Å²) in [4.78, 5) is 0. The van der Waals surface area contributed by atoms with E-state index in [0.717, 1.165) is 13.1 Å². The Morgan fingerprint density at radius 3 is 2.35 bits per heavy atom. The topological polar surface area (TPSA) is 61.9 Å². The monoisotopic (exact) mass is 263 g/mol. The summed E-state index contributed by atoms with van der Waals surface area (Å²) in [5.74, 6) is 0. The van der Waals surface area contributed by atoms with Gasteiger partial charge in [-0.25, -0.2) is 0 Å². The van der Waals surface area contributed by atoms with Crippen LogP contribution in [-0.4, -0.2) is 68.5 Å². The fourth-order valence-corrected chi connectivity index (χ4v) is 3.96. The third kappa shape index (κ3) is 2.97. The molecule has 0 atom stereocenters. The van der Waals surface area contributed by atoms with Gasteiger partial charge in [-0.15, -0.1) is 0 Å². The van der Waals surface area contributed by atoms with Crippen LogP contribution in [0.1, 0.15) is 13.8 Å². The molecule has 2 aliphatic heterocycles. The Hall–Kier alpha value is -0.210. The van der Waals surface area contributed by atoms with E-state index in [1.165, 1.54) is 0 Å². The Kier molecular flexibility index (Phi) is 3.74. The average molecular weight is 263 g/mol. The van der Waals surface area contributed by atoms with Gasteiger partial charge < -0.3 is 10.1 Å². The van der Waals surface area contributed by atoms with Gasteiger partial charge in [-0.1, -0.05) is 0 Å². The molecule has 0 unspecified atom stereocenters. The maximum Gasteiger partial charge on any atom is 0.282 e. The zero-order valence-corrected chi connectivity index (χ0v) is 11.3. The molecule has 6 nitrogen and oxygen atoms in total. The Balaban J connectivity index is 2.09. The van der Waals surface area contributed by atoms with E-state index in [9.17, 15) is 8.42 Å². The minimum absolute atomic E-state index is 0.390. The lowest BCUT2D eigenvalue weighted by Gasteiger charge is -2.40. The Bertz CT molecular complexity index is 363. The van der Waals surface area contributed by atoms with Crippen molar-refractivity contribution >= 4 is 10.2 Å². The van der Waals surface area contributed by atoms with Crippen LogP contribution in [0.5, 0.6) is 0 Å². The number of rotatable bonds is 2. The summed E-state index contributed by atoms with van der Waals surface area (Å²) in [7, 11) is -3.31. The molecule has 0 saturated carbocycles. The normalized spacial score (nSPS) is 28.1. The predicted octanol–water partition coefficient (Wildman–Crippen LogP) is -0.753. The molecular formula is C10H21N3O3S. The highest BCUT2D eigenvalue weighted by atomic mass is 32.2. The molecule has 0 spiro atoms. The minimum atomic E-state index is -3.31. The third-order valence-electron chi connectivity index (χ3n) is 3.12. The van der Waals surface area contributed by atoms with Crippen LogP contribution in [0.4, 0.5) is 0 Å². The standard InChI is InChI=1S/C10H21N3O3S/c1-10(2)9-13(7-8-16-10)17(14,15)12-5-3-11-4-6-12/h11H,3-9H2,1-2H3. The first kappa shape index (κ1) is 13.2. The first-order chi connectivity index (χ1) is 7.92. The molecule has 0 bridgehead atoms. The average Bonchev–Trinajstić information content (AvgIpc) is 2.29. The van der Waals surface area contributed by atoms with Gasteiger partial charge in [0, 0.05) is 39.3 Å². The first-order valence-corrected chi connectivity index (χ1v) is 7.41. The molecule has 0 aromatic rings. The van der Waals surface area contributed by atoms with E-state index in [1.807, 2.05) is 13.8 Å². The summed E-state index contributed by atoms with van der Waals surface area (Å²) in [5.41, 5.74) is -0.390. The lowest BCUT2D eigenvalue weighted by Crippen LogP contribution is -2.57. The van der Waals surface area contributed by atoms with Crippen molar-refractivity contribution in [2.75, 3.05) is 45.9 Å².